The fraction of sp³-hybridized carbons (Fsp3) is 0.464. The van der Waals surface area contributed by atoms with Gasteiger partial charge in [-0.2, -0.15) is 0 Å². The zero-order valence-corrected chi connectivity index (χ0v) is 22.0. The molecule has 9 nitrogen and oxygen atoms in total. The Morgan fingerprint density at radius 3 is 2.08 bits per heavy atom. The van der Waals surface area contributed by atoms with Crippen molar-refractivity contribution in [1.82, 2.24) is 10.2 Å². The largest absolute Gasteiger partial charge is 0.467 e. The molecule has 2 aromatic rings. The molecular weight excluding hydrogens is 476 g/mol. The number of amides is 2. The second-order valence-electron chi connectivity index (χ2n) is 9.65. The van der Waals surface area contributed by atoms with Gasteiger partial charge in [-0.25, -0.2) is 14.4 Å². The number of carbonyl (C=O) groups is 3. The number of aliphatic hydroxyl groups is 1. The van der Waals surface area contributed by atoms with Gasteiger partial charge in [-0.1, -0.05) is 60.7 Å². The van der Waals surface area contributed by atoms with Gasteiger partial charge in [0, 0.05) is 6.54 Å². The molecule has 0 aliphatic carbocycles. The number of alkyl carbamates (subject to hydrolysis) is 1. The molecule has 0 unspecified atom stereocenters. The Morgan fingerprint density at radius 2 is 1.54 bits per heavy atom. The minimum atomic E-state index is -0.922. The van der Waals surface area contributed by atoms with Crippen molar-refractivity contribution in [2.24, 2.45) is 0 Å². The highest BCUT2D eigenvalue weighted by atomic mass is 16.6. The molecule has 0 radical (unpaired) electrons. The summed E-state index contributed by atoms with van der Waals surface area (Å²) in [4.78, 5) is 39.4. The number of hydrogen-bond donors (Lipinski definition) is 2. The van der Waals surface area contributed by atoms with Crippen LogP contribution in [0.2, 0.25) is 0 Å². The Morgan fingerprint density at radius 1 is 0.946 bits per heavy atom. The lowest BCUT2D eigenvalue weighted by Crippen LogP contribution is -2.46. The summed E-state index contributed by atoms with van der Waals surface area (Å²) in [5, 5.41) is 12.4. The molecule has 2 rings (SSSR count). The molecule has 0 heterocycles. The van der Waals surface area contributed by atoms with Crippen molar-refractivity contribution in [1.29, 1.82) is 0 Å². The van der Waals surface area contributed by atoms with Gasteiger partial charge in [0.15, 0.2) is 0 Å². The second kappa shape index (κ2) is 14.8. The molecule has 0 aliphatic rings. The molecular formula is C28H38N2O7. The molecule has 0 aromatic heterocycles. The lowest BCUT2D eigenvalue weighted by atomic mass is 10.0. The summed E-state index contributed by atoms with van der Waals surface area (Å²) in [6.07, 6.45) is -0.258. The number of hydrogen-bond acceptors (Lipinski definition) is 7. The third-order valence-corrected chi connectivity index (χ3v) is 5.46. The van der Waals surface area contributed by atoms with Crippen LogP contribution in [0, 0.1) is 0 Å². The molecule has 0 spiro atoms. The normalized spacial score (nSPS) is 12.7. The van der Waals surface area contributed by atoms with E-state index >= 15 is 0 Å². The minimum Gasteiger partial charge on any atom is -0.467 e. The van der Waals surface area contributed by atoms with E-state index in [1.165, 1.54) is 12.0 Å². The number of benzene rings is 2. The molecule has 2 aromatic carbocycles. The van der Waals surface area contributed by atoms with Crippen LogP contribution in [-0.4, -0.2) is 59.6 Å². The number of methoxy groups -OCH3 is 1. The highest BCUT2D eigenvalue weighted by Crippen LogP contribution is 2.18. The molecule has 9 heteroatoms. The maximum Gasteiger partial charge on any atom is 0.411 e. The van der Waals surface area contributed by atoms with Crippen molar-refractivity contribution < 1.29 is 33.7 Å². The predicted molar refractivity (Wildman–Crippen MR) is 139 cm³/mol. The van der Waals surface area contributed by atoms with E-state index in [4.69, 9.17) is 14.2 Å². The van der Waals surface area contributed by atoms with Gasteiger partial charge >= 0.3 is 18.2 Å². The zero-order valence-electron chi connectivity index (χ0n) is 22.0. The average molecular weight is 515 g/mol. The summed E-state index contributed by atoms with van der Waals surface area (Å²) in [6.45, 7) is 5.16. The predicted octanol–water partition coefficient (Wildman–Crippen LogP) is 4.42. The highest BCUT2D eigenvalue weighted by Gasteiger charge is 2.32. The van der Waals surface area contributed by atoms with Gasteiger partial charge in [-0.05, 0) is 51.2 Å². The first-order chi connectivity index (χ1) is 17.6. The summed E-state index contributed by atoms with van der Waals surface area (Å²) in [5.74, 6) is -0.576. The fourth-order valence-corrected chi connectivity index (χ4v) is 3.66. The number of nitrogens with one attached hydrogen (secondary N) is 1. The maximum absolute atomic E-state index is 13.2. The Labute approximate surface area is 218 Å². The molecule has 2 N–H and O–H groups in total. The monoisotopic (exact) mass is 514 g/mol. The molecule has 2 amide bonds. The minimum absolute atomic E-state index is 0.0608. The van der Waals surface area contributed by atoms with Gasteiger partial charge in [0.1, 0.15) is 18.2 Å². The van der Waals surface area contributed by atoms with E-state index in [0.29, 0.717) is 12.8 Å². The highest BCUT2D eigenvalue weighted by molar-refractivity contribution is 5.81. The van der Waals surface area contributed by atoms with Crippen LogP contribution in [-0.2, 0) is 32.2 Å². The molecule has 0 saturated heterocycles. The number of carbonyl (C=O) groups excluding carboxylic acids is 3. The van der Waals surface area contributed by atoms with Gasteiger partial charge < -0.3 is 24.6 Å². The first-order valence-electron chi connectivity index (χ1n) is 12.3. The molecule has 0 bridgehead atoms. The van der Waals surface area contributed by atoms with Crippen LogP contribution in [0.4, 0.5) is 9.59 Å². The second-order valence-corrected chi connectivity index (χ2v) is 9.65. The first kappa shape index (κ1) is 29.6. The Balaban J connectivity index is 2.12. The van der Waals surface area contributed by atoms with Crippen molar-refractivity contribution in [2.75, 3.05) is 13.7 Å². The molecule has 0 saturated carbocycles. The Hall–Kier alpha value is -3.59. The van der Waals surface area contributed by atoms with Crippen molar-refractivity contribution in [3.63, 3.8) is 0 Å². The van der Waals surface area contributed by atoms with Crippen molar-refractivity contribution in [3.05, 3.63) is 71.8 Å². The Bertz CT molecular complexity index is 977. The van der Waals surface area contributed by atoms with Gasteiger partial charge in [0.25, 0.3) is 0 Å². The standard InChI is InChI=1S/C28H38N2O7/c1-28(2,3)37-26(33)29-23(19-31)16-11-17-24(25(32)35-4)30(18-21-12-7-5-8-13-21)27(34)36-20-22-14-9-6-10-15-22/h5-10,12-15,23-24,31H,11,16-20H2,1-4H3,(H,29,33)/t23-,24+/m1/s1. The average Bonchev–Trinajstić information content (AvgIpc) is 2.87. The van der Waals surface area contributed by atoms with E-state index in [-0.39, 0.29) is 26.2 Å². The molecule has 0 aliphatic heterocycles. The number of nitrogens with zero attached hydrogens (tertiary/aromatic N) is 1. The van der Waals surface area contributed by atoms with Gasteiger partial charge in [-0.3, -0.25) is 4.90 Å². The smallest absolute Gasteiger partial charge is 0.411 e. The van der Waals surface area contributed by atoms with Crippen LogP contribution in [0.3, 0.4) is 0 Å². The summed E-state index contributed by atoms with van der Waals surface area (Å²) >= 11 is 0. The van der Waals surface area contributed by atoms with Gasteiger partial charge in [0.05, 0.1) is 19.8 Å². The maximum atomic E-state index is 13.2. The summed E-state index contributed by atoms with van der Waals surface area (Å²) in [6, 6.07) is 17.1. The summed E-state index contributed by atoms with van der Waals surface area (Å²) in [7, 11) is 1.27. The zero-order chi connectivity index (χ0) is 27.3. The number of ether oxygens (including phenoxy) is 3. The molecule has 2 atom stereocenters. The summed E-state index contributed by atoms with van der Waals surface area (Å²) < 4.78 is 15.8. The van der Waals surface area contributed by atoms with E-state index in [9.17, 15) is 19.5 Å². The van der Waals surface area contributed by atoms with Crippen LogP contribution in [0.15, 0.2) is 60.7 Å². The van der Waals surface area contributed by atoms with Crippen LogP contribution >= 0.6 is 0 Å². The number of rotatable bonds is 12. The van der Waals surface area contributed by atoms with Crippen LogP contribution < -0.4 is 5.32 Å². The number of esters is 1. The van der Waals surface area contributed by atoms with Crippen LogP contribution in [0.1, 0.15) is 51.2 Å². The quantitative estimate of drug-likeness (QED) is 0.318. The van der Waals surface area contributed by atoms with E-state index < -0.39 is 35.8 Å². The third kappa shape index (κ3) is 10.9. The first-order valence-corrected chi connectivity index (χ1v) is 12.3. The number of aliphatic hydroxyl groups excluding tert-OH is 1. The Kier molecular flexibility index (Phi) is 11.9. The molecule has 37 heavy (non-hydrogen) atoms. The lowest BCUT2D eigenvalue weighted by Gasteiger charge is -2.30. The van der Waals surface area contributed by atoms with E-state index in [1.807, 2.05) is 60.7 Å². The third-order valence-electron chi connectivity index (χ3n) is 5.46. The van der Waals surface area contributed by atoms with Crippen LogP contribution in [0.5, 0.6) is 0 Å². The van der Waals surface area contributed by atoms with E-state index in [2.05, 4.69) is 5.32 Å². The van der Waals surface area contributed by atoms with Gasteiger partial charge in [0.2, 0.25) is 0 Å². The lowest BCUT2D eigenvalue weighted by molar-refractivity contribution is -0.147. The molecule has 0 fully saturated rings. The van der Waals surface area contributed by atoms with E-state index in [1.54, 1.807) is 20.8 Å². The topological polar surface area (TPSA) is 114 Å². The van der Waals surface area contributed by atoms with Gasteiger partial charge in [-0.15, -0.1) is 0 Å². The van der Waals surface area contributed by atoms with Crippen molar-refractivity contribution in [3.8, 4) is 0 Å². The van der Waals surface area contributed by atoms with Crippen molar-refractivity contribution >= 4 is 18.2 Å². The summed E-state index contributed by atoms with van der Waals surface area (Å²) in [5.41, 5.74) is 0.981. The molecule has 202 valence electrons. The van der Waals surface area contributed by atoms with Crippen molar-refractivity contribution in [2.45, 2.75) is 70.9 Å². The van der Waals surface area contributed by atoms with Crippen LogP contribution in [0.25, 0.3) is 0 Å². The fourth-order valence-electron chi connectivity index (χ4n) is 3.66. The van der Waals surface area contributed by atoms with E-state index in [0.717, 1.165) is 11.1 Å². The SMILES string of the molecule is COC(=O)[C@H](CCC[C@H](CO)NC(=O)OC(C)(C)C)N(Cc1ccccc1)C(=O)OCc1ccccc1.